The molecule has 2 amide bonds. The summed E-state index contributed by atoms with van der Waals surface area (Å²) in [5, 5.41) is 3.69. The average Bonchev–Trinajstić information content (AvgIpc) is 3.49. The number of anilines is 1. The highest BCUT2D eigenvalue weighted by Crippen LogP contribution is 2.32. The molecule has 2 aliphatic rings. The van der Waals surface area contributed by atoms with Crippen LogP contribution in [0.4, 0.5) is 5.82 Å². The van der Waals surface area contributed by atoms with Crippen molar-refractivity contribution >= 4 is 41.0 Å². The Morgan fingerprint density at radius 1 is 1.33 bits per heavy atom. The summed E-state index contributed by atoms with van der Waals surface area (Å²) in [6, 6.07) is 1.88. The number of hydrogen-bond donors (Lipinski definition) is 1. The van der Waals surface area contributed by atoms with Crippen LogP contribution in [-0.2, 0) is 9.59 Å². The maximum atomic E-state index is 12.4. The lowest BCUT2D eigenvalue weighted by molar-refractivity contribution is -0.135. The summed E-state index contributed by atoms with van der Waals surface area (Å²) in [5.74, 6) is 1.51. The number of rotatable bonds is 7. The lowest BCUT2D eigenvalue weighted by Crippen LogP contribution is -2.54. The number of piperazine rings is 1. The molecule has 1 aliphatic heterocycles. The molecule has 2 heterocycles. The molecule has 3 rings (SSSR count). The van der Waals surface area contributed by atoms with E-state index in [0.29, 0.717) is 29.9 Å². The maximum Gasteiger partial charge on any atom is 0.230 e. The third kappa shape index (κ3) is 5.48. The number of carbonyl (C=O) groups excluding carboxylic acids is 2. The molecule has 1 unspecified atom stereocenters. The second-order valence-electron chi connectivity index (χ2n) is 7.07. The SMILES string of the molecule is CCCNC(=O)CSc1nc(Cl)cc(N2CCN(C(=O)C3CC3)C(C)C2)n1. The molecule has 1 N–H and O–H groups in total. The second-order valence-corrected chi connectivity index (χ2v) is 8.40. The Morgan fingerprint density at radius 3 is 2.78 bits per heavy atom. The summed E-state index contributed by atoms with van der Waals surface area (Å²) in [6.07, 6.45) is 2.96. The monoisotopic (exact) mass is 411 g/mol. The molecule has 7 nitrogen and oxygen atoms in total. The van der Waals surface area contributed by atoms with Crippen molar-refractivity contribution in [3.05, 3.63) is 11.2 Å². The number of nitrogens with zero attached hydrogens (tertiary/aromatic N) is 4. The summed E-state index contributed by atoms with van der Waals surface area (Å²) in [7, 11) is 0. The van der Waals surface area contributed by atoms with E-state index in [2.05, 4.69) is 27.1 Å². The Kier molecular flexibility index (Phi) is 6.81. The predicted octanol–water partition coefficient (Wildman–Crippen LogP) is 2.20. The normalized spacial score (nSPS) is 19.9. The minimum absolute atomic E-state index is 0.0344. The molecule has 1 saturated carbocycles. The summed E-state index contributed by atoms with van der Waals surface area (Å²) in [6.45, 7) is 6.88. The van der Waals surface area contributed by atoms with Gasteiger partial charge in [0, 0.05) is 44.2 Å². The van der Waals surface area contributed by atoms with Crippen molar-refractivity contribution in [3.8, 4) is 0 Å². The second kappa shape index (κ2) is 9.10. The molecule has 9 heteroatoms. The lowest BCUT2D eigenvalue weighted by Gasteiger charge is -2.40. The van der Waals surface area contributed by atoms with Gasteiger partial charge in [0.1, 0.15) is 11.0 Å². The maximum absolute atomic E-state index is 12.4. The van der Waals surface area contributed by atoms with Gasteiger partial charge in [-0.05, 0) is 26.2 Å². The van der Waals surface area contributed by atoms with Gasteiger partial charge in [0.25, 0.3) is 0 Å². The van der Waals surface area contributed by atoms with Crippen molar-refractivity contribution < 1.29 is 9.59 Å². The zero-order chi connectivity index (χ0) is 19.4. The Morgan fingerprint density at radius 2 is 2.11 bits per heavy atom. The van der Waals surface area contributed by atoms with Crippen molar-refractivity contribution in [3.63, 3.8) is 0 Å². The van der Waals surface area contributed by atoms with Crippen LogP contribution in [0.25, 0.3) is 0 Å². The van der Waals surface area contributed by atoms with Crippen molar-refractivity contribution in [1.29, 1.82) is 0 Å². The van der Waals surface area contributed by atoms with Crippen molar-refractivity contribution in [2.75, 3.05) is 36.8 Å². The topological polar surface area (TPSA) is 78.4 Å². The van der Waals surface area contributed by atoms with Crippen LogP contribution in [0.1, 0.15) is 33.1 Å². The van der Waals surface area contributed by atoms with Gasteiger partial charge in [-0.3, -0.25) is 9.59 Å². The summed E-state index contributed by atoms with van der Waals surface area (Å²) in [5.41, 5.74) is 0. The number of nitrogens with one attached hydrogen (secondary N) is 1. The van der Waals surface area contributed by atoms with Gasteiger partial charge in [0.15, 0.2) is 5.16 Å². The molecule has 1 saturated heterocycles. The van der Waals surface area contributed by atoms with E-state index in [1.54, 1.807) is 6.07 Å². The standard InChI is InChI=1S/C18H26ClN5O2S/c1-3-6-20-16(25)11-27-18-21-14(19)9-15(22-18)23-7-8-24(12(2)10-23)17(26)13-4-5-13/h9,12-13H,3-8,10-11H2,1-2H3,(H,20,25). The zero-order valence-electron chi connectivity index (χ0n) is 15.8. The van der Waals surface area contributed by atoms with E-state index in [1.807, 2.05) is 11.8 Å². The Labute approximate surface area is 169 Å². The van der Waals surface area contributed by atoms with E-state index in [-0.39, 0.29) is 29.5 Å². The molecule has 0 radical (unpaired) electrons. The van der Waals surface area contributed by atoms with Gasteiger partial charge < -0.3 is 15.1 Å². The number of carbonyl (C=O) groups is 2. The quantitative estimate of drug-likeness (QED) is 0.421. The van der Waals surface area contributed by atoms with Crippen molar-refractivity contribution in [1.82, 2.24) is 20.2 Å². The van der Waals surface area contributed by atoms with Crippen LogP contribution in [0.2, 0.25) is 5.15 Å². The number of amides is 2. The van der Waals surface area contributed by atoms with Crippen LogP contribution in [0.3, 0.4) is 0 Å². The van der Waals surface area contributed by atoms with Crippen LogP contribution in [0.5, 0.6) is 0 Å². The molecule has 0 bridgehead atoms. The molecule has 1 aromatic heterocycles. The van der Waals surface area contributed by atoms with E-state index in [0.717, 1.165) is 31.6 Å². The molecule has 1 atom stereocenters. The first kappa shape index (κ1) is 20.2. The van der Waals surface area contributed by atoms with Crippen LogP contribution < -0.4 is 10.2 Å². The third-order valence-corrected chi connectivity index (χ3v) is 5.77. The van der Waals surface area contributed by atoms with E-state index in [1.165, 1.54) is 11.8 Å². The van der Waals surface area contributed by atoms with Gasteiger partial charge >= 0.3 is 0 Å². The highest BCUT2D eigenvalue weighted by atomic mass is 35.5. The van der Waals surface area contributed by atoms with E-state index >= 15 is 0 Å². The Hall–Kier alpha value is -1.54. The summed E-state index contributed by atoms with van der Waals surface area (Å²) in [4.78, 5) is 37.1. The minimum Gasteiger partial charge on any atom is -0.355 e. The molecule has 1 aliphatic carbocycles. The first-order valence-electron chi connectivity index (χ1n) is 9.47. The van der Waals surface area contributed by atoms with Crippen LogP contribution >= 0.6 is 23.4 Å². The van der Waals surface area contributed by atoms with Gasteiger partial charge in [-0.2, -0.15) is 0 Å². The molecule has 0 aromatic carbocycles. The highest BCUT2D eigenvalue weighted by Gasteiger charge is 2.37. The van der Waals surface area contributed by atoms with Crippen LogP contribution in [0, 0.1) is 5.92 Å². The van der Waals surface area contributed by atoms with Gasteiger partial charge in [-0.25, -0.2) is 9.97 Å². The molecule has 148 valence electrons. The van der Waals surface area contributed by atoms with E-state index in [9.17, 15) is 9.59 Å². The predicted molar refractivity (Wildman–Crippen MR) is 107 cm³/mol. The average molecular weight is 412 g/mol. The number of aromatic nitrogens is 2. The van der Waals surface area contributed by atoms with Gasteiger partial charge in [-0.1, -0.05) is 30.3 Å². The lowest BCUT2D eigenvalue weighted by atomic mass is 10.1. The van der Waals surface area contributed by atoms with Crippen LogP contribution in [0.15, 0.2) is 11.2 Å². The van der Waals surface area contributed by atoms with Gasteiger partial charge in [-0.15, -0.1) is 0 Å². The van der Waals surface area contributed by atoms with Gasteiger partial charge in [0.05, 0.1) is 5.75 Å². The molecular weight excluding hydrogens is 386 g/mol. The molecule has 1 aromatic rings. The summed E-state index contributed by atoms with van der Waals surface area (Å²) >= 11 is 7.46. The largest absolute Gasteiger partial charge is 0.355 e. The molecule has 27 heavy (non-hydrogen) atoms. The molecule has 0 spiro atoms. The van der Waals surface area contributed by atoms with E-state index < -0.39 is 0 Å². The fourth-order valence-corrected chi connectivity index (χ4v) is 4.03. The fraction of sp³-hybridized carbons (Fsp3) is 0.667. The first-order valence-corrected chi connectivity index (χ1v) is 10.8. The first-order chi connectivity index (χ1) is 13.0. The molecule has 2 fully saturated rings. The van der Waals surface area contributed by atoms with Crippen molar-refractivity contribution in [2.24, 2.45) is 5.92 Å². The fourth-order valence-electron chi connectivity index (χ4n) is 3.12. The summed E-state index contributed by atoms with van der Waals surface area (Å²) < 4.78 is 0. The molecular formula is C18H26ClN5O2S. The minimum atomic E-state index is -0.0344. The van der Waals surface area contributed by atoms with Gasteiger partial charge in [0.2, 0.25) is 11.8 Å². The third-order valence-electron chi connectivity index (χ3n) is 4.73. The smallest absolute Gasteiger partial charge is 0.230 e. The Bertz CT molecular complexity index is 700. The van der Waals surface area contributed by atoms with Crippen molar-refractivity contribution in [2.45, 2.75) is 44.3 Å². The van der Waals surface area contributed by atoms with E-state index in [4.69, 9.17) is 11.6 Å². The Balaban J connectivity index is 1.60. The zero-order valence-corrected chi connectivity index (χ0v) is 17.4. The van der Waals surface area contributed by atoms with Crippen LogP contribution in [-0.4, -0.2) is 64.7 Å². The number of thioether (sulfide) groups is 1. The highest BCUT2D eigenvalue weighted by molar-refractivity contribution is 7.99. The number of halogens is 1. The number of hydrogen-bond acceptors (Lipinski definition) is 6.